The Morgan fingerprint density at radius 3 is 2.69 bits per heavy atom. The first kappa shape index (κ1) is 11.6. The highest BCUT2D eigenvalue weighted by atomic mass is 32.2. The van der Waals surface area contributed by atoms with E-state index in [9.17, 15) is 0 Å². The molecule has 1 aromatic carbocycles. The van der Waals surface area contributed by atoms with Crippen molar-refractivity contribution in [3.63, 3.8) is 0 Å². The van der Waals surface area contributed by atoms with Gasteiger partial charge in [-0.2, -0.15) is 0 Å². The third kappa shape index (κ3) is 2.64. The molecule has 1 aromatic heterocycles. The van der Waals surface area contributed by atoms with Gasteiger partial charge < -0.3 is 4.74 Å². The Labute approximate surface area is 104 Å². The van der Waals surface area contributed by atoms with Gasteiger partial charge in [-0.1, -0.05) is 12.1 Å². The first-order valence-corrected chi connectivity index (χ1v) is 7.01. The Balaban J connectivity index is 2.21. The average molecular weight is 251 g/mol. The second-order valence-corrected chi connectivity index (χ2v) is 5.04. The smallest absolute Gasteiger partial charge is 0.123 e. The Morgan fingerprint density at radius 2 is 2.06 bits per heavy atom. The molecule has 0 aliphatic rings. The van der Waals surface area contributed by atoms with E-state index in [1.165, 1.54) is 10.5 Å². The molecular formula is C12H13NOS2. The van der Waals surface area contributed by atoms with E-state index in [1.807, 2.05) is 5.38 Å². The van der Waals surface area contributed by atoms with E-state index in [4.69, 9.17) is 4.74 Å². The molecule has 1 heterocycles. The Morgan fingerprint density at radius 1 is 1.31 bits per heavy atom. The fourth-order valence-electron chi connectivity index (χ4n) is 1.39. The Hall–Kier alpha value is -0.840. The quantitative estimate of drug-likeness (QED) is 0.774. The summed E-state index contributed by atoms with van der Waals surface area (Å²) in [6, 6.07) is 8.47. The van der Waals surface area contributed by atoms with E-state index >= 15 is 0 Å². The lowest BCUT2D eigenvalue weighted by atomic mass is 10.2. The molecule has 0 radical (unpaired) electrons. The van der Waals surface area contributed by atoms with Gasteiger partial charge in [0.25, 0.3) is 0 Å². The molecule has 0 saturated carbocycles. The highest BCUT2D eigenvalue weighted by Gasteiger charge is 2.04. The summed E-state index contributed by atoms with van der Waals surface area (Å²) in [5, 5.41) is 3.10. The van der Waals surface area contributed by atoms with Crippen LogP contribution in [-0.2, 0) is 11.3 Å². The third-order valence-corrected chi connectivity index (χ3v) is 3.86. The predicted octanol–water partition coefficient (Wildman–Crippen LogP) is 3.68. The van der Waals surface area contributed by atoms with Crippen LogP contribution < -0.4 is 0 Å². The maximum atomic E-state index is 5.05. The second-order valence-electron chi connectivity index (χ2n) is 3.31. The van der Waals surface area contributed by atoms with Crippen LogP contribution in [-0.4, -0.2) is 18.3 Å². The number of thioether (sulfide) groups is 1. The summed E-state index contributed by atoms with van der Waals surface area (Å²) in [7, 11) is 1.69. The van der Waals surface area contributed by atoms with Crippen LogP contribution in [0.25, 0.3) is 10.6 Å². The number of hydrogen-bond donors (Lipinski definition) is 0. The van der Waals surface area contributed by atoms with Gasteiger partial charge in [0.2, 0.25) is 0 Å². The van der Waals surface area contributed by atoms with Gasteiger partial charge in [0.1, 0.15) is 5.01 Å². The minimum absolute atomic E-state index is 0.583. The monoisotopic (exact) mass is 251 g/mol. The maximum absolute atomic E-state index is 5.05. The minimum Gasteiger partial charge on any atom is -0.378 e. The van der Waals surface area contributed by atoms with E-state index < -0.39 is 0 Å². The van der Waals surface area contributed by atoms with Gasteiger partial charge in [-0.05, 0) is 18.4 Å². The molecule has 2 aromatic rings. The highest BCUT2D eigenvalue weighted by molar-refractivity contribution is 7.98. The molecule has 0 saturated heterocycles. The predicted molar refractivity (Wildman–Crippen MR) is 70.0 cm³/mol. The van der Waals surface area contributed by atoms with Crippen LogP contribution in [0.4, 0.5) is 0 Å². The zero-order valence-corrected chi connectivity index (χ0v) is 10.9. The summed E-state index contributed by atoms with van der Waals surface area (Å²) >= 11 is 3.41. The molecule has 84 valence electrons. The minimum atomic E-state index is 0.583. The van der Waals surface area contributed by atoms with Crippen molar-refractivity contribution >= 4 is 23.1 Å². The fourth-order valence-corrected chi connectivity index (χ4v) is 2.61. The van der Waals surface area contributed by atoms with Crippen LogP contribution in [0.2, 0.25) is 0 Å². The number of rotatable bonds is 4. The molecule has 2 rings (SSSR count). The molecule has 0 spiro atoms. The molecule has 4 heteroatoms. The summed E-state index contributed by atoms with van der Waals surface area (Å²) in [5.74, 6) is 0. The summed E-state index contributed by atoms with van der Waals surface area (Å²) in [5.41, 5.74) is 2.17. The van der Waals surface area contributed by atoms with Gasteiger partial charge in [-0.3, -0.25) is 0 Å². The summed E-state index contributed by atoms with van der Waals surface area (Å²) in [6.07, 6.45) is 2.08. The normalized spacial score (nSPS) is 10.6. The zero-order valence-electron chi connectivity index (χ0n) is 9.27. The van der Waals surface area contributed by atoms with E-state index in [-0.39, 0.29) is 0 Å². The van der Waals surface area contributed by atoms with Gasteiger partial charge in [-0.15, -0.1) is 23.1 Å². The molecule has 0 bridgehead atoms. The number of hydrogen-bond acceptors (Lipinski definition) is 4. The molecule has 16 heavy (non-hydrogen) atoms. The maximum Gasteiger partial charge on any atom is 0.123 e. The van der Waals surface area contributed by atoms with Crippen molar-refractivity contribution in [3.8, 4) is 10.6 Å². The van der Waals surface area contributed by atoms with Crippen LogP contribution >= 0.6 is 23.1 Å². The molecule has 0 aliphatic heterocycles. The molecule has 0 unspecified atom stereocenters. The molecule has 0 N–H and O–H groups in total. The lowest BCUT2D eigenvalue weighted by molar-refractivity contribution is 0.182. The number of nitrogens with zero attached hydrogens (tertiary/aromatic N) is 1. The van der Waals surface area contributed by atoms with Crippen molar-refractivity contribution in [3.05, 3.63) is 35.3 Å². The third-order valence-electron chi connectivity index (χ3n) is 2.18. The standard InChI is InChI=1S/C12H13NOS2/c1-14-7-10-8-16-12(13-10)9-3-5-11(15-2)6-4-9/h3-6,8H,7H2,1-2H3. The van der Waals surface area contributed by atoms with Crippen molar-refractivity contribution in [2.75, 3.05) is 13.4 Å². The summed E-state index contributed by atoms with van der Waals surface area (Å²) in [6.45, 7) is 0.583. The van der Waals surface area contributed by atoms with Gasteiger partial charge in [0, 0.05) is 22.9 Å². The topological polar surface area (TPSA) is 22.1 Å². The van der Waals surface area contributed by atoms with E-state index in [0.29, 0.717) is 6.61 Å². The van der Waals surface area contributed by atoms with Crippen LogP contribution in [0.3, 0.4) is 0 Å². The second kappa shape index (κ2) is 5.48. The number of thiazole rings is 1. The van der Waals surface area contributed by atoms with Gasteiger partial charge in [-0.25, -0.2) is 4.98 Å². The van der Waals surface area contributed by atoms with Crippen molar-refractivity contribution < 1.29 is 4.74 Å². The molecule has 0 amide bonds. The zero-order chi connectivity index (χ0) is 11.4. The van der Waals surface area contributed by atoms with Crippen LogP contribution in [0.1, 0.15) is 5.69 Å². The first-order valence-electron chi connectivity index (χ1n) is 4.91. The van der Waals surface area contributed by atoms with E-state index in [1.54, 1.807) is 30.2 Å². The lowest BCUT2D eigenvalue weighted by Crippen LogP contribution is -1.86. The van der Waals surface area contributed by atoms with Crippen molar-refractivity contribution in [2.45, 2.75) is 11.5 Å². The lowest BCUT2D eigenvalue weighted by Gasteiger charge is -1.98. The van der Waals surface area contributed by atoms with Gasteiger partial charge >= 0.3 is 0 Å². The van der Waals surface area contributed by atoms with Crippen LogP contribution in [0.5, 0.6) is 0 Å². The highest BCUT2D eigenvalue weighted by Crippen LogP contribution is 2.26. The van der Waals surface area contributed by atoms with Crippen molar-refractivity contribution in [1.82, 2.24) is 4.98 Å². The van der Waals surface area contributed by atoms with Crippen LogP contribution in [0.15, 0.2) is 34.5 Å². The first-order chi connectivity index (χ1) is 7.83. The number of aromatic nitrogens is 1. The van der Waals surface area contributed by atoms with Crippen molar-refractivity contribution in [1.29, 1.82) is 0 Å². The molecule has 0 aliphatic carbocycles. The number of benzene rings is 1. The van der Waals surface area contributed by atoms with Gasteiger partial charge in [0.15, 0.2) is 0 Å². The van der Waals surface area contributed by atoms with Gasteiger partial charge in [0.05, 0.1) is 12.3 Å². The number of methoxy groups -OCH3 is 1. The molecule has 0 atom stereocenters. The van der Waals surface area contributed by atoms with E-state index in [0.717, 1.165) is 10.7 Å². The summed E-state index contributed by atoms with van der Waals surface area (Å²) in [4.78, 5) is 5.79. The molecule has 0 fully saturated rings. The fraction of sp³-hybridized carbons (Fsp3) is 0.250. The number of ether oxygens (including phenoxy) is 1. The SMILES string of the molecule is COCc1csc(-c2ccc(SC)cc2)n1. The molecule has 2 nitrogen and oxygen atoms in total. The Bertz CT molecular complexity index is 450. The molecular weight excluding hydrogens is 238 g/mol. The van der Waals surface area contributed by atoms with Crippen LogP contribution in [0, 0.1) is 0 Å². The Kier molecular flexibility index (Phi) is 3.98. The van der Waals surface area contributed by atoms with Crippen molar-refractivity contribution in [2.24, 2.45) is 0 Å². The summed E-state index contributed by atoms with van der Waals surface area (Å²) < 4.78 is 5.05. The average Bonchev–Trinajstić information content (AvgIpc) is 2.78. The largest absolute Gasteiger partial charge is 0.378 e. The van der Waals surface area contributed by atoms with E-state index in [2.05, 4.69) is 35.5 Å².